The van der Waals surface area contributed by atoms with Gasteiger partial charge >= 0.3 is 0 Å². The van der Waals surface area contributed by atoms with Crippen LogP contribution in [0.5, 0.6) is 0 Å². The van der Waals surface area contributed by atoms with Gasteiger partial charge in [-0.15, -0.1) is 5.10 Å². The number of nitrogens with one attached hydrogen (secondary N) is 1. The van der Waals surface area contributed by atoms with Gasteiger partial charge in [-0.1, -0.05) is 20.3 Å². The Kier molecular flexibility index (Phi) is 6.94. The van der Waals surface area contributed by atoms with Gasteiger partial charge in [0.1, 0.15) is 0 Å². The normalized spacial score (nSPS) is 16.3. The SMILES string of the molecule is CCC(C)CC(C)n1nnnc1C(C)NCCOC. The van der Waals surface area contributed by atoms with Crippen LogP contribution >= 0.6 is 0 Å². The Morgan fingerprint density at radius 2 is 2.05 bits per heavy atom. The van der Waals surface area contributed by atoms with Crippen molar-refractivity contribution in [1.82, 2.24) is 25.5 Å². The van der Waals surface area contributed by atoms with E-state index in [0.717, 1.165) is 18.8 Å². The maximum absolute atomic E-state index is 5.03. The van der Waals surface area contributed by atoms with Crippen molar-refractivity contribution in [1.29, 1.82) is 0 Å². The van der Waals surface area contributed by atoms with Crippen molar-refractivity contribution >= 4 is 0 Å². The zero-order chi connectivity index (χ0) is 14.3. The van der Waals surface area contributed by atoms with Crippen LogP contribution < -0.4 is 5.32 Å². The predicted octanol–water partition coefficient (Wildman–Crippen LogP) is 1.97. The molecule has 0 radical (unpaired) electrons. The van der Waals surface area contributed by atoms with E-state index in [4.69, 9.17) is 4.74 Å². The Morgan fingerprint density at radius 3 is 2.68 bits per heavy atom. The molecular formula is C13H27N5O. The average molecular weight is 269 g/mol. The Balaban J connectivity index is 2.62. The lowest BCUT2D eigenvalue weighted by Crippen LogP contribution is -2.27. The summed E-state index contributed by atoms with van der Waals surface area (Å²) in [6.07, 6.45) is 2.28. The highest BCUT2D eigenvalue weighted by Gasteiger charge is 2.19. The van der Waals surface area contributed by atoms with E-state index in [1.165, 1.54) is 6.42 Å². The van der Waals surface area contributed by atoms with Crippen molar-refractivity contribution in [2.45, 2.75) is 52.6 Å². The van der Waals surface area contributed by atoms with E-state index in [1.54, 1.807) is 7.11 Å². The van der Waals surface area contributed by atoms with E-state index >= 15 is 0 Å². The first-order chi connectivity index (χ1) is 9.10. The molecule has 1 rings (SSSR count). The molecule has 0 fully saturated rings. The van der Waals surface area contributed by atoms with Gasteiger partial charge in [0.05, 0.1) is 18.7 Å². The zero-order valence-electron chi connectivity index (χ0n) is 12.8. The summed E-state index contributed by atoms with van der Waals surface area (Å²) in [5, 5.41) is 15.5. The summed E-state index contributed by atoms with van der Waals surface area (Å²) in [6, 6.07) is 0.455. The smallest absolute Gasteiger partial charge is 0.168 e. The first-order valence-electron chi connectivity index (χ1n) is 7.10. The third-order valence-electron chi connectivity index (χ3n) is 3.52. The molecule has 1 aromatic heterocycles. The highest BCUT2D eigenvalue weighted by Crippen LogP contribution is 2.21. The summed E-state index contributed by atoms with van der Waals surface area (Å²) in [5.74, 6) is 1.58. The second kappa shape index (κ2) is 8.22. The Labute approximate surface area is 115 Å². The molecule has 3 atom stereocenters. The fourth-order valence-corrected chi connectivity index (χ4v) is 2.12. The Morgan fingerprint density at radius 1 is 1.32 bits per heavy atom. The summed E-state index contributed by atoms with van der Waals surface area (Å²) in [6.45, 7) is 10.2. The summed E-state index contributed by atoms with van der Waals surface area (Å²) in [7, 11) is 1.70. The third-order valence-corrected chi connectivity index (χ3v) is 3.52. The lowest BCUT2D eigenvalue weighted by atomic mass is 10.0. The summed E-state index contributed by atoms with van der Waals surface area (Å²) in [5.41, 5.74) is 0. The molecule has 0 bridgehead atoms. The quantitative estimate of drug-likeness (QED) is 0.694. The number of hydrogen-bond acceptors (Lipinski definition) is 5. The summed E-state index contributed by atoms with van der Waals surface area (Å²) >= 11 is 0. The minimum atomic E-state index is 0.129. The monoisotopic (exact) mass is 269 g/mol. The van der Waals surface area contributed by atoms with E-state index in [2.05, 4.69) is 48.5 Å². The fraction of sp³-hybridized carbons (Fsp3) is 0.923. The maximum atomic E-state index is 5.03. The standard InChI is InChI=1S/C13H27N5O/c1-6-10(2)9-11(3)18-13(15-16-17-18)12(4)14-7-8-19-5/h10-12,14H,6-9H2,1-5H3. The van der Waals surface area contributed by atoms with Gasteiger partial charge in [0.25, 0.3) is 0 Å². The first kappa shape index (κ1) is 16.0. The number of aromatic nitrogens is 4. The van der Waals surface area contributed by atoms with Crippen molar-refractivity contribution in [3.05, 3.63) is 5.82 Å². The first-order valence-corrected chi connectivity index (χ1v) is 7.10. The van der Waals surface area contributed by atoms with Crippen LogP contribution in [0.1, 0.15) is 58.4 Å². The lowest BCUT2D eigenvalue weighted by Gasteiger charge is -2.19. The minimum Gasteiger partial charge on any atom is -0.383 e. The van der Waals surface area contributed by atoms with Crippen molar-refractivity contribution in [2.75, 3.05) is 20.3 Å². The second-order valence-electron chi connectivity index (χ2n) is 5.25. The van der Waals surface area contributed by atoms with Crippen LogP contribution in [0, 0.1) is 5.92 Å². The molecule has 0 saturated heterocycles. The molecule has 1 heterocycles. The number of rotatable bonds is 9. The largest absolute Gasteiger partial charge is 0.383 e. The van der Waals surface area contributed by atoms with Gasteiger partial charge in [0.15, 0.2) is 5.82 Å². The van der Waals surface area contributed by atoms with Crippen LogP contribution in [-0.4, -0.2) is 40.5 Å². The molecule has 0 aliphatic rings. The van der Waals surface area contributed by atoms with Gasteiger partial charge in [-0.25, -0.2) is 4.68 Å². The molecule has 3 unspecified atom stereocenters. The van der Waals surface area contributed by atoms with Crippen LogP contribution in [0.2, 0.25) is 0 Å². The molecule has 110 valence electrons. The second-order valence-corrected chi connectivity index (χ2v) is 5.25. The molecule has 0 amide bonds. The number of hydrogen-bond donors (Lipinski definition) is 1. The van der Waals surface area contributed by atoms with Gasteiger partial charge < -0.3 is 10.1 Å². The highest BCUT2D eigenvalue weighted by atomic mass is 16.5. The fourth-order valence-electron chi connectivity index (χ4n) is 2.12. The Bertz CT molecular complexity index is 355. The zero-order valence-corrected chi connectivity index (χ0v) is 12.8. The molecule has 0 spiro atoms. The summed E-state index contributed by atoms with van der Waals surface area (Å²) < 4.78 is 6.97. The van der Waals surface area contributed by atoms with Crippen LogP contribution in [0.3, 0.4) is 0 Å². The Hall–Kier alpha value is -1.01. The van der Waals surface area contributed by atoms with Gasteiger partial charge in [-0.2, -0.15) is 0 Å². The topological polar surface area (TPSA) is 64.9 Å². The van der Waals surface area contributed by atoms with Gasteiger partial charge in [-0.05, 0) is 36.6 Å². The molecule has 0 aromatic carbocycles. The highest BCUT2D eigenvalue weighted by molar-refractivity contribution is 4.91. The van der Waals surface area contributed by atoms with Gasteiger partial charge in [0.2, 0.25) is 0 Å². The maximum Gasteiger partial charge on any atom is 0.168 e. The van der Waals surface area contributed by atoms with E-state index < -0.39 is 0 Å². The van der Waals surface area contributed by atoms with Crippen molar-refractivity contribution < 1.29 is 4.74 Å². The minimum absolute atomic E-state index is 0.129. The van der Waals surface area contributed by atoms with Crippen LogP contribution in [0.25, 0.3) is 0 Å². The van der Waals surface area contributed by atoms with Crippen molar-refractivity contribution in [3.8, 4) is 0 Å². The lowest BCUT2D eigenvalue weighted by molar-refractivity contribution is 0.195. The van der Waals surface area contributed by atoms with Crippen molar-refractivity contribution in [3.63, 3.8) is 0 Å². The molecule has 0 saturated carbocycles. The molecular weight excluding hydrogens is 242 g/mol. The third kappa shape index (κ3) is 4.87. The predicted molar refractivity (Wildman–Crippen MR) is 74.9 cm³/mol. The van der Waals surface area contributed by atoms with Crippen molar-refractivity contribution in [2.24, 2.45) is 5.92 Å². The molecule has 0 aliphatic carbocycles. The molecule has 1 N–H and O–H groups in total. The van der Waals surface area contributed by atoms with E-state index in [1.807, 2.05) is 4.68 Å². The van der Waals surface area contributed by atoms with Crippen LogP contribution in [-0.2, 0) is 4.74 Å². The van der Waals surface area contributed by atoms with E-state index in [0.29, 0.717) is 18.6 Å². The number of nitrogens with zero attached hydrogens (tertiary/aromatic N) is 4. The number of ether oxygens (including phenoxy) is 1. The van der Waals surface area contributed by atoms with E-state index in [-0.39, 0.29) is 6.04 Å². The molecule has 1 aromatic rings. The van der Waals surface area contributed by atoms with E-state index in [9.17, 15) is 0 Å². The number of tetrazole rings is 1. The average Bonchev–Trinajstić information content (AvgIpc) is 2.88. The molecule has 6 nitrogen and oxygen atoms in total. The molecule has 6 heteroatoms. The summed E-state index contributed by atoms with van der Waals surface area (Å²) in [4.78, 5) is 0. The van der Waals surface area contributed by atoms with Crippen LogP contribution in [0.4, 0.5) is 0 Å². The molecule has 19 heavy (non-hydrogen) atoms. The molecule has 0 aliphatic heterocycles. The van der Waals surface area contributed by atoms with Gasteiger partial charge in [-0.3, -0.25) is 0 Å². The van der Waals surface area contributed by atoms with Crippen LogP contribution in [0.15, 0.2) is 0 Å². The number of methoxy groups -OCH3 is 1. The van der Waals surface area contributed by atoms with Gasteiger partial charge in [0, 0.05) is 13.7 Å².